The second-order valence-corrected chi connectivity index (χ2v) is 15.1. The average molecular weight is 666 g/mol. The van der Waals surface area contributed by atoms with Gasteiger partial charge < -0.3 is 25.1 Å². The first-order chi connectivity index (χ1) is 23.2. The molecule has 3 N–H and O–H groups in total. The molecule has 0 radical (unpaired) electrons. The smallest absolute Gasteiger partial charge is 0.410 e. The van der Waals surface area contributed by atoms with Gasteiger partial charge in [-0.15, -0.1) is 0 Å². The monoisotopic (exact) mass is 665 g/mol. The number of anilines is 1. The third-order valence-electron chi connectivity index (χ3n) is 8.97. The zero-order valence-electron chi connectivity index (χ0n) is 29.3. The lowest BCUT2D eigenvalue weighted by atomic mass is 9.99. The zero-order chi connectivity index (χ0) is 34.9. The highest BCUT2D eigenvalue weighted by Crippen LogP contribution is 2.34. The molecule has 1 saturated heterocycles. The van der Waals surface area contributed by atoms with Crippen LogP contribution in [0, 0.1) is 5.92 Å². The number of amides is 3. The number of hydrogen-bond acceptors (Lipinski definition) is 6. The molecule has 2 fully saturated rings. The second-order valence-electron chi connectivity index (χ2n) is 15.1. The minimum Gasteiger partial charge on any atom is -0.444 e. The summed E-state index contributed by atoms with van der Waals surface area (Å²) in [6.45, 7) is 11.8. The van der Waals surface area contributed by atoms with Crippen LogP contribution in [0.3, 0.4) is 0 Å². The number of hydrogen-bond donors (Lipinski definition) is 3. The molecule has 3 aromatic carbocycles. The molecule has 2 heterocycles. The molecule has 10 heteroatoms. The van der Waals surface area contributed by atoms with Gasteiger partial charge in [-0.3, -0.25) is 9.69 Å². The van der Waals surface area contributed by atoms with Crippen molar-refractivity contribution in [2.24, 2.45) is 5.92 Å². The minimum absolute atomic E-state index is 0.0951. The van der Waals surface area contributed by atoms with Crippen molar-refractivity contribution < 1.29 is 23.9 Å². The maximum Gasteiger partial charge on any atom is 0.410 e. The Balaban J connectivity index is 1.09. The standard InChI is InChI=1S/C39H47N5O5/c1-38(2,3)48-36(46)43-31-10-7-9-30(31)35(45)41-29-19-18-27-21-26(16-17-28(27)22-29)24-12-14-25(15-13-24)32-23-40-34(42-32)33-11-8-20-44(33)37(47)49-39(4,5)6/h12-19,21-23,30-31,33H,7-11,20H2,1-6H3,(H,40,42)(H,41,45)(H,43,46)/t30-,31-,33+/m1/s1. The van der Waals surface area contributed by atoms with E-state index in [0.717, 1.165) is 76.8 Å². The van der Waals surface area contributed by atoms with E-state index in [1.165, 1.54) is 0 Å². The number of nitrogens with zero attached hydrogens (tertiary/aromatic N) is 2. The van der Waals surface area contributed by atoms with E-state index in [-0.39, 0.29) is 30.0 Å². The minimum atomic E-state index is -0.593. The van der Waals surface area contributed by atoms with Crippen LogP contribution in [0.15, 0.2) is 66.9 Å². The lowest BCUT2D eigenvalue weighted by molar-refractivity contribution is -0.120. The summed E-state index contributed by atoms with van der Waals surface area (Å²) in [4.78, 5) is 48.3. The fourth-order valence-corrected chi connectivity index (χ4v) is 6.72. The van der Waals surface area contributed by atoms with Crippen molar-refractivity contribution in [3.05, 3.63) is 72.7 Å². The van der Waals surface area contributed by atoms with Gasteiger partial charge in [0.2, 0.25) is 5.91 Å². The Hall–Kier alpha value is -4.86. The molecule has 49 heavy (non-hydrogen) atoms. The molecule has 1 aliphatic heterocycles. The van der Waals surface area contributed by atoms with Gasteiger partial charge in [0.15, 0.2) is 0 Å². The van der Waals surface area contributed by atoms with Crippen LogP contribution >= 0.6 is 0 Å². The van der Waals surface area contributed by atoms with Crippen LogP contribution in [0.25, 0.3) is 33.2 Å². The van der Waals surface area contributed by atoms with E-state index in [2.05, 4.69) is 58.1 Å². The SMILES string of the molecule is CC(C)(C)OC(=O)N[C@@H]1CCC[C@H]1C(=O)Nc1ccc2cc(-c3ccc(-c4c[nH]c([C@@H]5CCCN5C(=O)OC(C)(C)C)n4)cc3)ccc2c1. The number of carbonyl (C=O) groups is 3. The van der Waals surface area contributed by atoms with Crippen LogP contribution in [-0.2, 0) is 14.3 Å². The van der Waals surface area contributed by atoms with Gasteiger partial charge in [0.1, 0.15) is 17.0 Å². The topological polar surface area (TPSA) is 126 Å². The van der Waals surface area contributed by atoms with E-state index in [1.807, 2.05) is 65.9 Å². The Bertz CT molecular complexity index is 1840. The Labute approximate surface area is 288 Å². The number of ether oxygens (including phenoxy) is 2. The molecule has 3 atom stereocenters. The van der Waals surface area contributed by atoms with Gasteiger partial charge in [-0.1, -0.05) is 48.9 Å². The lowest BCUT2D eigenvalue weighted by Gasteiger charge is -2.27. The van der Waals surface area contributed by atoms with Gasteiger partial charge >= 0.3 is 12.2 Å². The second kappa shape index (κ2) is 13.6. The fourth-order valence-electron chi connectivity index (χ4n) is 6.72. The maximum atomic E-state index is 13.2. The number of likely N-dealkylation sites (tertiary alicyclic amines) is 1. The van der Waals surface area contributed by atoms with Gasteiger partial charge in [-0.2, -0.15) is 0 Å². The molecule has 6 rings (SSSR count). The molecular weight excluding hydrogens is 618 g/mol. The molecule has 1 aliphatic carbocycles. The summed E-state index contributed by atoms with van der Waals surface area (Å²) in [6, 6.07) is 20.1. The van der Waals surface area contributed by atoms with Crippen molar-refractivity contribution in [3.8, 4) is 22.4 Å². The number of carbonyl (C=O) groups excluding carboxylic acids is 3. The lowest BCUT2D eigenvalue weighted by Crippen LogP contribution is -2.44. The molecule has 0 spiro atoms. The van der Waals surface area contributed by atoms with E-state index in [1.54, 1.807) is 4.90 Å². The molecular formula is C39H47N5O5. The number of benzene rings is 3. The number of H-pyrrole nitrogens is 1. The van der Waals surface area contributed by atoms with Crippen molar-refractivity contribution in [2.45, 2.75) is 96.9 Å². The average Bonchev–Trinajstić information content (AvgIpc) is 3.80. The van der Waals surface area contributed by atoms with Crippen LogP contribution in [0.1, 0.15) is 85.5 Å². The highest BCUT2D eigenvalue weighted by atomic mass is 16.6. The van der Waals surface area contributed by atoms with Crippen molar-refractivity contribution in [2.75, 3.05) is 11.9 Å². The van der Waals surface area contributed by atoms with Gasteiger partial charge in [0.05, 0.1) is 17.7 Å². The summed E-state index contributed by atoms with van der Waals surface area (Å²) in [5, 5.41) is 8.04. The van der Waals surface area contributed by atoms with Crippen molar-refractivity contribution >= 4 is 34.6 Å². The Kier molecular flexibility index (Phi) is 9.42. The maximum absolute atomic E-state index is 13.2. The number of alkyl carbamates (subject to hydrolysis) is 1. The molecule has 4 aromatic rings. The van der Waals surface area contributed by atoms with Gasteiger partial charge in [-0.25, -0.2) is 14.6 Å². The Morgan fingerprint density at radius 2 is 1.47 bits per heavy atom. The van der Waals surface area contributed by atoms with Crippen molar-refractivity contribution in [1.29, 1.82) is 0 Å². The zero-order valence-corrected chi connectivity index (χ0v) is 29.3. The molecule has 0 bridgehead atoms. The van der Waals surface area contributed by atoms with Crippen LogP contribution < -0.4 is 10.6 Å². The predicted molar refractivity (Wildman–Crippen MR) is 191 cm³/mol. The Morgan fingerprint density at radius 3 is 2.20 bits per heavy atom. The quantitative estimate of drug-likeness (QED) is 0.189. The molecule has 2 aliphatic rings. The number of nitrogens with one attached hydrogen (secondary N) is 3. The Morgan fingerprint density at radius 1 is 0.796 bits per heavy atom. The molecule has 258 valence electrons. The van der Waals surface area contributed by atoms with Crippen LogP contribution in [-0.4, -0.2) is 56.8 Å². The first-order valence-corrected chi connectivity index (χ1v) is 17.2. The summed E-state index contributed by atoms with van der Waals surface area (Å²) in [5.41, 5.74) is 3.56. The number of rotatable bonds is 6. The molecule has 3 amide bonds. The summed E-state index contributed by atoms with van der Waals surface area (Å²) in [7, 11) is 0. The van der Waals surface area contributed by atoms with E-state index in [4.69, 9.17) is 14.5 Å². The van der Waals surface area contributed by atoms with E-state index in [9.17, 15) is 14.4 Å². The van der Waals surface area contributed by atoms with E-state index < -0.39 is 17.3 Å². The first kappa shape index (κ1) is 34.0. The fraction of sp³-hybridized carbons (Fsp3) is 0.436. The summed E-state index contributed by atoms with van der Waals surface area (Å²) in [5.74, 6) is 0.367. The predicted octanol–water partition coefficient (Wildman–Crippen LogP) is 8.60. The van der Waals surface area contributed by atoms with Crippen molar-refractivity contribution in [3.63, 3.8) is 0 Å². The number of imidazole rings is 1. The number of fused-ring (bicyclic) bond motifs is 1. The van der Waals surface area contributed by atoms with Crippen LogP contribution in [0.4, 0.5) is 15.3 Å². The van der Waals surface area contributed by atoms with Gasteiger partial charge in [0, 0.05) is 30.0 Å². The molecule has 0 unspecified atom stereocenters. The van der Waals surface area contributed by atoms with Crippen molar-refractivity contribution in [1.82, 2.24) is 20.2 Å². The first-order valence-electron chi connectivity index (χ1n) is 17.2. The normalized spacial score (nSPS) is 19.6. The highest BCUT2D eigenvalue weighted by molar-refractivity contribution is 5.97. The highest BCUT2D eigenvalue weighted by Gasteiger charge is 2.36. The molecule has 10 nitrogen and oxygen atoms in total. The third-order valence-corrected chi connectivity index (χ3v) is 8.97. The number of aromatic nitrogens is 2. The van der Waals surface area contributed by atoms with Gasteiger partial charge in [-0.05, 0) is 107 Å². The summed E-state index contributed by atoms with van der Waals surface area (Å²) >= 11 is 0. The summed E-state index contributed by atoms with van der Waals surface area (Å²) in [6.07, 6.45) is 5.19. The number of aromatic amines is 1. The van der Waals surface area contributed by atoms with Crippen LogP contribution in [0.5, 0.6) is 0 Å². The van der Waals surface area contributed by atoms with E-state index in [0.29, 0.717) is 6.54 Å². The largest absolute Gasteiger partial charge is 0.444 e. The van der Waals surface area contributed by atoms with Gasteiger partial charge in [0.25, 0.3) is 0 Å². The molecule has 1 saturated carbocycles. The summed E-state index contributed by atoms with van der Waals surface area (Å²) < 4.78 is 11.0. The van der Waals surface area contributed by atoms with Crippen LogP contribution in [0.2, 0.25) is 0 Å². The third kappa shape index (κ3) is 8.24. The molecule has 1 aromatic heterocycles. The van der Waals surface area contributed by atoms with E-state index >= 15 is 0 Å².